The van der Waals surface area contributed by atoms with E-state index in [1.54, 1.807) is 11.8 Å². The van der Waals surface area contributed by atoms with Crippen molar-refractivity contribution in [1.29, 1.82) is 0 Å². The molecule has 0 saturated carbocycles. The minimum Gasteiger partial charge on any atom is -0.370 e. The molecule has 0 atom stereocenters. The Morgan fingerprint density at radius 2 is 2.00 bits per heavy atom. The summed E-state index contributed by atoms with van der Waals surface area (Å²) in [7, 11) is 0. The van der Waals surface area contributed by atoms with Crippen molar-refractivity contribution < 1.29 is 0 Å². The zero-order valence-corrected chi connectivity index (χ0v) is 16.8. The van der Waals surface area contributed by atoms with Crippen LogP contribution in [-0.4, -0.2) is 40.1 Å². The maximum atomic E-state index is 5.94. The van der Waals surface area contributed by atoms with Gasteiger partial charge >= 0.3 is 0 Å². The van der Waals surface area contributed by atoms with E-state index >= 15 is 0 Å². The fraction of sp³-hybridized carbons (Fsp3) is 0.526. The van der Waals surface area contributed by atoms with Gasteiger partial charge in [-0.15, -0.1) is 10.2 Å². The Kier molecular flexibility index (Phi) is 8.47. The van der Waals surface area contributed by atoms with Gasteiger partial charge in [0.15, 0.2) is 11.1 Å². The van der Waals surface area contributed by atoms with Gasteiger partial charge in [0.2, 0.25) is 0 Å². The molecule has 0 bridgehead atoms. The molecule has 6 nitrogen and oxygen atoms in total. The highest BCUT2D eigenvalue weighted by Crippen LogP contribution is 2.16. The van der Waals surface area contributed by atoms with Crippen LogP contribution >= 0.6 is 11.8 Å². The Hall–Kier alpha value is -2.02. The Morgan fingerprint density at radius 1 is 1.23 bits per heavy atom. The maximum absolute atomic E-state index is 5.94. The first kappa shape index (κ1) is 20.3. The fourth-order valence-corrected chi connectivity index (χ4v) is 3.20. The van der Waals surface area contributed by atoms with Crippen LogP contribution in [0.2, 0.25) is 0 Å². The number of hydrogen-bond acceptors (Lipinski definition) is 4. The van der Waals surface area contributed by atoms with E-state index in [0.29, 0.717) is 18.4 Å². The maximum Gasteiger partial charge on any atom is 0.190 e. The summed E-state index contributed by atoms with van der Waals surface area (Å²) in [6.07, 6.45) is 4.75. The number of nitrogens with one attached hydrogen (secondary N) is 1. The number of thioether (sulfide) groups is 1. The monoisotopic (exact) mass is 374 g/mol. The first-order valence-electron chi connectivity index (χ1n) is 9.14. The Labute approximate surface area is 160 Å². The summed E-state index contributed by atoms with van der Waals surface area (Å²) in [6.45, 7) is 6.84. The lowest BCUT2D eigenvalue weighted by Crippen LogP contribution is -2.33. The second-order valence-corrected chi connectivity index (χ2v) is 7.41. The van der Waals surface area contributed by atoms with Gasteiger partial charge in [-0.25, -0.2) is 0 Å². The van der Waals surface area contributed by atoms with E-state index in [1.165, 1.54) is 5.56 Å². The van der Waals surface area contributed by atoms with E-state index in [0.717, 1.165) is 43.3 Å². The highest BCUT2D eigenvalue weighted by atomic mass is 32.2. The van der Waals surface area contributed by atoms with Crippen molar-refractivity contribution in [3.8, 4) is 0 Å². The van der Waals surface area contributed by atoms with Crippen LogP contribution in [0, 0.1) is 5.92 Å². The van der Waals surface area contributed by atoms with Gasteiger partial charge in [-0.1, -0.05) is 55.9 Å². The van der Waals surface area contributed by atoms with Crippen molar-refractivity contribution in [2.24, 2.45) is 16.6 Å². The molecule has 1 aromatic carbocycles. The number of nitrogens with zero attached hydrogens (tertiary/aromatic N) is 4. The van der Waals surface area contributed by atoms with Crippen molar-refractivity contribution in [3.63, 3.8) is 0 Å². The zero-order valence-electron chi connectivity index (χ0n) is 16.0. The van der Waals surface area contributed by atoms with E-state index in [2.05, 4.69) is 51.1 Å². The van der Waals surface area contributed by atoms with Crippen LogP contribution in [0.15, 0.2) is 40.5 Å². The molecule has 0 fully saturated rings. The average molecular weight is 375 g/mol. The van der Waals surface area contributed by atoms with Crippen LogP contribution in [0.3, 0.4) is 0 Å². The zero-order chi connectivity index (χ0) is 18.8. The van der Waals surface area contributed by atoms with Gasteiger partial charge in [0.05, 0.1) is 0 Å². The summed E-state index contributed by atoms with van der Waals surface area (Å²) < 4.78 is 2.22. The third kappa shape index (κ3) is 6.71. The highest BCUT2D eigenvalue weighted by Gasteiger charge is 2.12. The SMILES string of the molecule is CSc1nnc(CCCN=C(N)NCCc2ccccc2)n1CC(C)C. The minimum atomic E-state index is 0.509. The Bertz CT molecular complexity index is 681. The number of rotatable bonds is 10. The molecular weight excluding hydrogens is 344 g/mol. The number of guanidine groups is 1. The van der Waals surface area contributed by atoms with E-state index in [1.807, 2.05) is 24.5 Å². The summed E-state index contributed by atoms with van der Waals surface area (Å²) in [6, 6.07) is 10.4. The molecule has 7 heteroatoms. The number of hydrogen-bond donors (Lipinski definition) is 2. The number of benzene rings is 1. The predicted octanol–water partition coefficient (Wildman–Crippen LogP) is 2.74. The fourth-order valence-electron chi connectivity index (χ4n) is 2.68. The molecule has 26 heavy (non-hydrogen) atoms. The molecule has 142 valence electrons. The molecule has 0 unspecified atom stereocenters. The number of aromatic nitrogens is 3. The number of aryl methyl sites for hydroxylation is 1. The lowest BCUT2D eigenvalue weighted by atomic mass is 10.1. The number of aliphatic imine (C=N–C) groups is 1. The molecule has 0 aliphatic heterocycles. The van der Waals surface area contributed by atoms with Crippen molar-refractivity contribution in [2.75, 3.05) is 19.3 Å². The third-order valence-electron chi connectivity index (χ3n) is 3.93. The van der Waals surface area contributed by atoms with E-state index < -0.39 is 0 Å². The molecule has 3 N–H and O–H groups in total. The van der Waals surface area contributed by atoms with Gasteiger partial charge in [-0.2, -0.15) is 0 Å². The first-order valence-corrected chi connectivity index (χ1v) is 10.4. The smallest absolute Gasteiger partial charge is 0.190 e. The summed E-state index contributed by atoms with van der Waals surface area (Å²) in [5.74, 6) is 2.11. The van der Waals surface area contributed by atoms with Gasteiger partial charge in [0.1, 0.15) is 5.82 Å². The average Bonchev–Trinajstić information content (AvgIpc) is 3.00. The molecule has 0 spiro atoms. The van der Waals surface area contributed by atoms with Crippen molar-refractivity contribution >= 4 is 17.7 Å². The molecule has 1 aromatic heterocycles. The summed E-state index contributed by atoms with van der Waals surface area (Å²) in [5, 5.41) is 12.8. The summed E-state index contributed by atoms with van der Waals surface area (Å²) in [5.41, 5.74) is 7.23. The lowest BCUT2D eigenvalue weighted by Gasteiger charge is -2.11. The van der Waals surface area contributed by atoms with Gasteiger partial charge in [-0.05, 0) is 30.6 Å². The van der Waals surface area contributed by atoms with Crippen molar-refractivity contribution in [2.45, 2.75) is 44.8 Å². The minimum absolute atomic E-state index is 0.509. The molecule has 0 saturated heterocycles. The molecule has 0 aliphatic carbocycles. The van der Waals surface area contributed by atoms with Gasteiger partial charge < -0.3 is 15.6 Å². The van der Waals surface area contributed by atoms with Crippen LogP contribution in [0.4, 0.5) is 0 Å². The number of nitrogens with two attached hydrogens (primary N) is 1. The molecule has 1 heterocycles. The first-order chi connectivity index (χ1) is 12.6. The normalized spacial score (nSPS) is 11.9. The molecule has 0 amide bonds. The Balaban J connectivity index is 1.73. The largest absolute Gasteiger partial charge is 0.370 e. The predicted molar refractivity (Wildman–Crippen MR) is 110 cm³/mol. The lowest BCUT2D eigenvalue weighted by molar-refractivity contribution is 0.477. The molecule has 0 aliphatic rings. The molecule has 0 radical (unpaired) electrons. The topological polar surface area (TPSA) is 81.1 Å². The van der Waals surface area contributed by atoms with Crippen LogP contribution in [0.5, 0.6) is 0 Å². The van der Waals surface area contributed by atoms with E-state index in [9.17, 15) is 0 Å². The van der Waals surface area contributed by atoms with Crippen molar-refractivity contribution in [3.05, 3.63) is 41.7 Å². The highest BCUT2D eigenvalue weighted by molar-refractivity contribution is 7.98. The van der Waals surface area contributed by atoms with Gasteiger partial charge in [-0.3, -0.25) is 4.99 Å². The molecule has 2 aromatic rings. The van der Waals surface area contributed by atoms with E-state index in [4.69, 9.17) is 5.73 Å². The van der Waals surface area contributed by atoms with Crippen LogP contribution in [0.25, 0.3) is 0 Å². The quantitative estimate of drug-likeness (QED) is 0.289. The van der Waals surface area contributed by atoms with Crippen molar-refractivity contribution in [1.82, 2.24) is 20.1 Å². The molecule has 2 rings (SSSR count). The van der Waals surface area contributed by atoms with E-state index in [-0.39, 0.29) is 0 Å². The summed E-state index contributed by atoms with van der Waals surface area (Å²) in [4.78, 5) is 4.41. The second kappa shape index (κ2) is 10.9. The van der Waals surface area contributed by atoms with Crippen LogP contribution in [0.1, 0.15) is 31.7 Å². The van der Waals surface area contributed by atoms with Gasteiger partial charge in [0, 0.05) is 26.1 Å². The summed E-state index contributed by atoms with van der Waals surface area (Å²) >= 11 is 1.64. The standard InChI is InChI=1S/C19H30N6S/c1-15(2)14-25-17(23-24-19(25)26-3)10-7-12-21-18(20)22-13-11-16-8-5-4-6-9-16/h4-6,8-9,15H,7,10-14H2,1-3H3,(H3,20,21,22). The van der Waals surface area contributed by atoms with Crippen LogP contribution < -0.4 is 11.1 Å². The van der Waals surface area contributed by atoms with Crippen LogP contribution in [-0.2, 0) is 19.4 Å². The Morgan fingerprint density at radius 3 is 2.69 bits per heavy atom. The second-order valence-electron chi connectivity index (χ2n) is 6.64. The van der Waals surface area contributed by atoms with Gasteiger partial charge in [0.25, 0.3) is 0 Å². The molecular formula is C19H30N6S. The third-order valence-corrected chi connectivity index (χ3v) is 4.59.